The molecule has 114 valence electrons. The molecule has 1 aliphatic rings. The van der Waals surface area contributed by atoms with Crippen molar-refractivity contribution in [2.45, 2.75) is 38.3 Å². The van der Waals surface area contributed by atoms with Crippen molar-refractivity contribution in [1.82, 2.24) is 10.2 Å². The van der Waals surface area contributed by atoms with Crippen molar-refractivity contribution in [3.8, 4) is 5.75 Å². The Labute approximate surface area is 125 Å². The van der Waals surface area contributed by atoms with E-state index in [0.717, 1.165) is 11.3 Å². The number of carbonyl (C=O) groups excluding carboxylic acids is 2. The summed E-state index contributed by atoms with van der Waals surface area (Å²) in [4.78, 5) is 25.3. The molecule has 0 saturated carbocycles. The molecule has 0 spiro atoms. The second-order valence-electron chi connectivity index (χ2n) is 5.47. The van der Waals surface area contributed by atoms with Gasteiger partial charge in [0.2, 0.25) is 11.8 Å². The molecule has 0 bridgehead atoms. The second-order valence-corrected chi connectivity index (χ2v) is 5.47. The fourth-order valence-electron chi connectivity index (χ4n) is 2.59. The molecule has 1 saturated heterocycles. The summed E-state index contributed by atoms with van der Waals surface area (Å²) in [6, 6.07) is 7.47. The Balaban J connectivity index is 2.00. The number of nitrogens with zero attached hydrogens (tertiary/aromatic N) is 1. The van der Waals surface area contributed by atoms with E-state index in [9.17, 15) is 9.59 Å². The smallest absolute Gasteiger partial charge is 0.245 e. The number of likely N-dealkylation sites (N-methyl/N-ethyl adjacent to an activating group) is 1. The number of ether oxygens (including phenoxy) is 1. The summed E-state index contributed by atoms with van der Waals surface area (Å²) in [5.41, 5.74) is 1.07. The molecule has 2 atom stereocenters. The van der Waals surface area contributed by atoms with Crippen LogP contribution in [0, 0.1) is 0 Å². The van der Waals surface area contributed by atoms with E-state index in [0.29, 0.717) is 19.3 Å². The zero-order valence-electron chi connectivity index (χ0n) is 12.8. The Morgan fingerprint density at radius 3 is 2.81 bits per heavy atom. The quantitative estimate of drug-likeness (QED) is 0.891. The lowest BCUT2D eigenvalue weighted by molar-refractivity contribution is -0.134. The first-order valence-corrected chi connectivity index (χ1v) is 7.21. The van der Waals surface area contributed by atoms with Gasteiger partial charge in [0.25, 0.3) is 0 Å². The van der Waals surface area contributed by atoms with E-state index in [1.807, 2.05) is 31.2 Å². The molecule has 2 rings (SSSR count). The van der Waals surface area contributed by atoms with Crippen LogP contribution in [0.3, 0.4) is 0 Å². The lowest BCUT2D eigenvalue weighted by Crippen LogP contribution is -2.46. The topological polar surface area (TPSA) is 58.6 Å². The number of carbonyl (C=O) groups is 2. The highest BCUT2D eigenvalue weighted by Gasteiger charge is 2.31. The van der Waals surface area contributed by atoms with Crippen LogP contribution in [0.4, 0.5) is 0 Å². The standard InChI is InChI=1S/C16H22N2O3/c1-11(10-12-6-4-5-7-14(12)21-3)18(2)16(20)13-8-9-15(19)17-13/h4-7,11,13H,8-10H2,1-3H3,(H,17,19)/t11-,13-/m0/s1. The monoisotopic (exact) mass is 290 g/mol. The van der Waals surface area contributed by atoms with Gasteiger partial charge in [-0.15, -0.1) is 0 Å². The summed E-state index contributed by atoms with van der Waals surface area (Å²) in [6.07, 6.45) is 1.74. The highest BCUT2D eigenvalue weighted by molar-refractivity contribution is 5.90. The van der Waals surface area contributed by atoms with Crippen LogP contribution in [0.15, 0.2) is 24.3 Å². The predicted octanol–water partition coefficient (Wildman–Crippen LogP) is 1.36. The first kappa shape index (κ1) is 15.4. The molecule has 0 aromatic heterocycles. The minimum Gasteiger partial charge on any atom is -0.496 e. The van der Waals surface area contributed by atoms with Gasteiger partial charge in [0.15, 0.2) is 0 Å². The van der Waals surface area contributed by atoms with E-state index in [4.69, 9.17) is 4.74 Å². The summed E-state index contributed by atoms with van der Waals surface area (Å²) in [5.74, 6) is 0.766. The third-order valence-corrected chi connectivity index (χ3v) is 4.01. The molecule has 1 aromatic carbocycles. The number of benzene rings is 1. The van der Waals surface area contributed by atoms with Crippen molar-refractivity contribution in [2.75, 3.05) is 14.2 Å². The van der Waals surface area contributed by atoms with Gasteiger partial charge in [0.1, 0.15) is 11.8 Å². The number of hydrogen-bond acceptors (Lipinski definition) is 3. The van der Waals surface area contributed by atoms with Crippen molar-refractivity contribution in [1.29, 1.82) is 0 Å². The van der Waals surface area contributed by atoms with Crippen LogP contribution in [0.25, 0.3) is 0 Å². The third kappa shape index (κ3) is 3.54. The molecule has 1 heterocycles. The summed E-state index contributed by atoms with van der Waals surface area (Å²) in [5, 5.41) is 2.72. The normalized spacial score (nSPS) is 19.0. The summed E-state index contributed by atoms with van der Waals surface area (Å²) >= 11 is 0. The van der Waals surface area contributed by atoms with Gasteiger partial charge in [-0.3, -0.25) is 9.59 Å². The van der Waals surface area contributed by atoms with Crippen molar-refractivity contribution in [2.24, 2.45) is 0 Å². The molecule has 1 N–H and O–H groups in total. The Hall–Kier alpha value is -2.04. The lowest BCUT2D eigenvalue weighted by Gasteiger charge is -2.28. The third-order valence-electron chi connectivity index (χ3n) is 4.01. The van der Waals surface area contributed by atoms with Gasteiger partial charge in [-0.05, 0) is 31.4 Å². The molecule has 1 aromatic rings. The fourth-order valence-corrected chi connectivity index (χ4v) is 2.59. The van der Waals surface area contributed by atoms with E-state index >= 15 is 0 Å². The number of hydrogen-bond donors (Lipinski definition) is 1. The predicted molar refractivity (Wildman–Crippen MR) is 80.1 cm³/mol. The number of methoxy groups -OCH3 is 1. The Bertz CT molecular complexity index is 530. The number of rotatable bonds is 5. The van der Waals surface area contributed by atoms with E-state index in [2.05, 4.69) is 5.32 Å². The van der Waals surface area contributed by atoms with Gasteiger partial charge in [-0.25, -0.2) is 0 Å². The van der Waals surface area contributed by atoms with Crippen molar-refractivity contribution in [3.05, 3.63) is 29.8 Å². The van der Waals surface area contributed by atoms with Crippen LogP contribution in [-0.4, -0.2) is 43.0 Å². The molecule has 2 amide bonds. The highest BCUT2D eigenvalue weighted by atomic mass is 16.5. The molecule has 0 radical (unpaired) electrons. The number of amides is 2. The van der Waals surface area contributed by atoms with E-state index in [-0.39, 0.29) is 23.9 Å². The van der Waals surface area contributed by atoms with Crippen LogP contribution in [-0.2, 0) is 16.0 Å². The molecular weight excluding hydrogens is 268 g/mol. The average molecular weight is 290 g/mol. The zero-order valence-corrected chi connectivity index (χ0v) is 12.8. The molecule has 1 aliphatic heterocycles. The molecular formula is C16H22N2O3. The Morgan fingerprint density at radius 1 is 1.48 bits per heavy atom. The highest BCUT2D eigenvalue weighted by Crippen LogP contribution is 2.21. The fraction of sp³-hybridized carbons (Fsp3) is 0.500. The molecule has 5 nitrogen and oxygen atoms in total. The van der Waals surface area contributed by atoms with Crippen molar-refractivity contribution in [3.63, 3.8) is 0 Å². The lowest BCUT2D eigenvalue weighted by atomic mass is 10.0. The maximum Gasteiger partial charge on any atom is 0.245 e. The second kappa shape index (κ2) is 6.61. The summed E-state index contributed by atoms with van der Waals surface area (Å²) < 4.78 is 5.34. The molecule has 0 aliphatic carbocycles. The van der Waals surface area contributed by atoms with E-state index in [1.54, 1.807) is 19.1 Å². The van der Waals surface area contributed by atoms with E-state index in [1.165, 1.54) is 0 Å². The maximum atomic E-state index is 12.4. The minimum absolute atomic E-state index is 0.0248. The number of para-hydroxylation sites is 1. The van der Waals surface area contributed by atoms with Crippen molar-refractivity contribution < 1.29 is 14.3 Å². The van der Waals surface area contributed by atoms with Gasteiger partial charge in [-0.1, -0.05) is 18.2 Å². The van der Waals surface area contributed by atoms with Crippen LogP contribution < -0.4 is 10.1 Å². The van der Waals surface area contributed by atoms with Crippen LogP contribution >= 0.6 is 0 Å². The van der Waals surface area contributed by atoms with Gasteiger partial charge in [-0.2, -0.15) is 0 Å². The van der Waals surface area contributed by atoms with Gasteiger partial charge >= 0.3 is 0 Å². The molecule has 1 fully saturated rings. The first-order chi connectivity index (χ1) is 10.0. The van der Waals surface area contributed by atoms with Crippen LogP contribution in [0.1, 0.15) is 25.3 Å². The Morgan fingerprint density at radius 2 is 2.19 bits per heavy atom. The number of nitrogens with one attached hydrogen (secondary N) is 1. The zero-order chi connectivity index (χ0) is 15.4. The first-order valence-electron chi connectivity index (χ1n) is 7.21. The van der Waals surface area contributed by atoms with Crippen LogP contribution in [0.2, 0.25) is 0 Å². The SMILES string of the molecule is COc1ccccc1C[C@H](C)N(C)C(=O)[C@@H]1CCC(=O)N1. The average Bonchev–Trinajstić information content (AvgIpc) is 2.92. The molecule has 0 unspecified atom stereocenters. The summed E-state index contributed by atoms with van der Waals surface area (Å²) in [7, 11) is 3.43. The summed E-state index contributed by atoms with van der Waals surface area (Å²) in [6.45, 7) is 2.00. The molecule has 5 heteroatoms. The Kier molecular flexibility index (Phi) is 4.83. The van der Waals surface area contributed by atoms with E-state index < -0.39 is 0 Å². The van der Waals surface area contributed by atoms with Gasteiger partial charge in [0.05, 0.1) is 7.11 Å². The maximum absolute atomic E-state index is 12.4. The van der Waals surface area contributed by atoms with Gasteiger partial charge in [0, 0.05) is 19.5 Å². The largest absolute Gasteiger partial charge is 0.496 e. The van der Waals surface area contributed by atoms with Crippen LogP contribution in [0.5, 0.6) is 5.75 Å². The van der Waals surface area contributed by atoms with Crippen molar-refractivity contribution >= 4 is 11.8 Å². The minimum atomic E-state index is -0.373. The molecule has 21 heavy (non-hydrogen) atoms. The van der Waals surface area contributed by atoms with Gasteiger partial charge < -0.3 is 15.0 Å².